The maximum atomic E-state index is 11.5. The number of aromatic nitrogens is 1. The fourth-order valence-electron chi connectivity index (χ4n) is 3.75. The Balaban J connectivity index is 1.96. The van der Waals surface area contributed by atoms with Crippen molar-refractivity contribution in [3.8, 4) is 0 Å². The first-order chi connectivity index (χ1) is 9.66. The molecule has 2 atom stereocenters. The molecule has 0 spiro atoms. The molecule has 3 N–H and O–H groups in total. The van der Waals surface area contributed by atoms with Crippen LogP contribution in [-0.2, 0) is 0 Å². The Labute approximate surface area is 118 Å². The van der Waals surface area contributed by atoms with Crippen molar-refractivity contribution in [3.05, 3.63) is 17.8 Å². The molecule has 0 aromatic carbocycles. The summed E-state index contributed by atoms with van der Waals surface area (Å²) in [6.07, 6.45) is 8.89. The van der Waals surface area contributed by atoms with Crippen LogP contribution in [0.4, 0.5) is 11.5 Å². The molecule has 3 rings (SSSR count). The Morgan fingerprint density at radius 1 is 1.30 bits per heavy atom. The molecule has 0 amide bonds. The third-order valence-electron chi connectivity index (χ3n) is 4.63. The number of hydrogen-bond acceptors (Lipinski definition) is 4. The maximum absolute atomic E-state index is 11.5. The van der Waals surface area contributed by atoms with Gasteiger partial charge in [-0.3, -0.25) is 0 Å². The molecule has 1 aromatic heterocycles. The first-order valence-electron chi connectivity index (χ1n) is 7.42. The predicted octanol–water partition coefficient (Wildman–Crippen LogP) is 2.52. The first-order valence-corrected chi connectivity index (χ1v) is 7.42. The third-order valence-corrected chi connectivity index (χ3v) is 4.63. The van der Waals surface area contributed by atoms with Gasteiger partial charge in [-0.25, -0.2) is 9.78 Å². The molecule has 1 aliphatic heterocycles. The summed E-state index contributed by atoms with van der Waals surface area (Å²) in [4.78, 5) is 18.0. The van der Waals surface area contributed by atoms with E-state index in [0.717, 1.165) is 19.4 Å². The first kappa shape index (κ1) is 13.2. The smallest absolute Gasteiger partial charge is 0.339 e. The Kier molecular flexibility index (Phi) is 3.51. The zero-order valence-electron chi connectivity index (χ0n) is 11.6. The molecule has 1 aliphatic carbocycles. The van der Waals surface area contributed by atoms with E-state index in [1.54, 1.807) is 6.20 Å². The van der Waals surface area contributed by atoms with Crippen LogP contribution in [0.3, 0.4) is 0 Å². The van der Waals surface area contributed by atoms with E-state index < -0.39 is 5.97 Å². The molecule has 5 heteroatoms. The van der Waals surface area contributed by atoms with Gasteiger partial charge in [-0.1, -0.05) is 12.8 Å². The molecular formula is C15H21N3O2. The van der Waals surface area contributed by atoms with Crippen molar-refractivity contribution in [3.63, 3.8) is 0 Å². The number of carboxylic acids is 1. The van der Waals surface area contributed by atoms with E-state index in [9.17, 15) is 9.90 Å². The number of anilines is 2. The second kappa shape index (κ2) is 5.31. The van der Waals surface area contributed by atoms with Crippen molar-refractivity contribution < 1.29 is 9.90 Å². The van der Waals surface area contributed by atoms with Crippen molar-refractivity contribution in [1.29, 1.82) is 0 Å². The van der Waals surface area contributed by atoms with Crippen LogP contribution in [0.15, 0.2) is 12.3 Å². The zero-order chi connectivity index (χ0) is 14.1. The average molecular weight is 275 g/mol. The number of nitrogens with two attached hydrogens (primary N) is 1. The lowest BCUT2D eigenvalue weighted by atomic mass is 9.78. The molecule has 5 nitrogen and oxygen atoms in total. The van der Waals surface area contributed by atoms with E-state index in [4.69, 9.17) is 5.73 Å². The van der Waals surface area contributed by atoms with Gasteiger partial charge in [0.25, 0.3) is 0 Å². The standard InChI is InChI=1S/C15H21N3O2/c16-11-8-12(15(19)20)14(17-9-11)18-7-3-5-10-4-1-2-6-13(10)18/h8-10,13H,1-7,16H2,(H,19,20)/t10-,13-/m1/s1. The molecular weight excluding hydrogens is 254 g/mol. The quantitative estimate of drug-likeness (QED) is 0.867. The molecule has 2 fully saturated rings. The molecule has 2 aliphatic rings. The Bertz CT molecular complexity index is 516. The van der Waals surface area contributed by atoms with Crippen LogP contribution in [0.25, 0.3) is 0 Å². The van der Waals surface area contributed by atoms with Crippen LogP contribution >= 0.6 is 0 Å². The number of rotatable bonds is 2. The highest BCUT2D eigenvalue weighted by Crippen LogP contribution is 2.38. The lowest BCUT2D eigenvalue weighted by Gasteiger charge is -2.45. The summed E-state index contributed by atoms with van der Waals surface area (Å²) in [6, 6.07) is 1.98. The summed E-state index contributed by atoms with van der Waals surface area (Å²) in [5, 5.41) is 9.39. The van der Waals surface area contributed by atoms with Gasteiger partial charge < -0.3 is 15.7 Å². The second-order valence-corrected chi connectivity index (χ2v) is 5.89. The lowest BCUT2D eigenvalue weighted by Crippen LogP contribution is -2.47. The lowest BCUT2D eigenvalue weighted by molar-refractivity contribution is 0.0696. The van der Waals surface area contributed by atoms with Gasteiger partial charge in [-0.15, -0.1) is 0 Å². The number of nitrogens with zero attached hydrogens (tertiary/aromatic N) is 2. The van der Waals surface area contributed by atoms with Crippen LogP contribution in [-0.4, -0.2) is 28.6 Å². The van der Waals surface area contributed by atoms with Gasteiger partial charge in [0.05, 0.1) is 11.9 Å². The minimum Gasteiger partial charge on any atom is -0.478 e. The van der Waals surface area contributed by atoms with Gasteiger partial charge in [0, 0.05) is 12.6 Å². The highest BCUT2D eigenvalue weighted by molar-refractivity contribution is 5.94. The van der Waals surface area contributed by atoms with E-state index >= 15 is 0 Å². The molecule has 1 saturated carbocycles. The molecule has 20 heavy (non-hydrogen) atoms. The fourth-order valence-corrected chi connectivity index (χ4v) is 3.75. The van der Waals surface area contributed by atoms with E-state index in [-0.39, 0.29) is 5.56 Å². The molecule has 1 aromatic rings. The summed E-state index contributed by atoms with van der Waals surface area (Å²) >= 11 is 0. The summed E-state index contributed by atoms with van der Waals surface area (Å²) in [5.41, 5.74) is 6.32. The second-order valence-electron chi connectivity index (χ2n) is 5.89. The van der Waals surface area contributed by atoms with Crippen molar-refractivity contribution in [2.75, 3.05) is 17.2 Å². The minimum absolute atomic E-state index is 0.233. The summed E-state index contributed by atoms with van der Waals surface area (Å²) in [6.45, 7) is 0.901. The van der Waals surface area contributed by atoms with E-state index in [1.807, 2.05) is 0 Å². The van der Waals surface area contributed by atoms with Gasteiger partial charge in [0.15, 0.2) is 0 Å². The van der Waals surface area contributed by atoms with Crippen LogP contribution in [0.2, 0.25) is 0 Å². The fraction of sp³-hybridized carbons (Fsp3) is 0.600. The largest absolute Gasteiger partial charge is 0.478 e. The topological polar surface area (TPSA) is 79.5 Å². The van der Waals surface area contributed by atoms with Gasteiger partial charge >= 0.3 is 5.97 Å². The molecule has 2 heterocycles. The summed E-state index contributed by atoms with van der Waals surface area (Å²) in [5.74, 6) is 0.347. The molecule has 108 valence electrons. The van der Waals surface area contributed by atoms with Crippen LogP contribution in [0.5, 0.6) is 0 Å². The highest BCUT2D eigenvalue weighted by Gasteiger charge is 2.35. The molecule has 1 saturated heterocycles. The number of pyridine rings is 1. The minimum atomic E-state index is -0.947. The number of carbonyl (C=O) groups is 1. The highest BCUT2D eigenvalue weighted by atomic mass is 16.4. The van der Waals surface area contributed by atoms with Gasteiger partial charge in [0.2, 0.25) is 0 Å². The number of carboxylic acid groups (broad SMARTS) is 1. The van der Waals surface area contributed by atoms with Crippen molar-refractivity contribution in [2.45, 2.75) is 44.6 Å². The van der Waals surface area contributed by atoms with Gasteiger partial charge in [-0.2, -0.15) is 0 Å². The Hall–Kier alpha value is -1.78. The summed E-state index contributed by atoms with van der Waals surface area (Å²) < 4.78 is 0. The van der Waals surface area contributed by atoms with Crippen LogP contribution in [0, 0.1) is 5.92 Å². The Morgan fingerprint density at radius 2 is 2.05 bits per heavy atom. The van der Waals surface area contributed by atoms with Crippen LogP contribution in [0.1, 0.15) is 48.9 Å². The van der Waals surface area contributed by atoms with E-state index in [1.165, 1.54) is 31.7 Å². The van der Waals surface area contributed by atoms with Gasteiger partial charge in [0.1, 0.15) is 11.4 Å². The van der Waals surface area contributed by atoms with Crippen molar-refractivity contribution in [2.24, 2.45) is 5.92 Å². The number of nitrogen functional groups attached to an aromatic ring is 1. The average Bonchev–Trinajstić information content (AvgIpc) is 2.46. The van der Waals surface area contributed by atoms with E-state index in [2.05, 4.69) is 9.88 Å². The van der Waals surface area contributed by atoms with Gasteiger partial charge in [-0.05, 0) is 37.7 Å². The number of piperidine rings is 1. The normalized spacial score (nSPS) is 26.1. The maximum Gasteiger partial charge on any atom is 0.339 e. The molecule has 0 bridgehead atoms. The Morgan fingerprint density at radius 3 is 2.85 bits per heavy atom. The van der Waals surface area contributed by atoms with E-state index in [0.29, 0.717) is 23.5 Å². The number of aromatic carboxylic acids is 1. The third kappa shape index (κ3) is 2.32. The predicted molar refractivity (Wildman–Crippen MR) is 77.9 cm³/mol. The van der Waals surface area contributed by atoms with Crippen molar-refractivity contribution in [1.82, 2.24) is 4.98 Å². The number of fused-ring (bicyclic) bond motifs is 1. The summed E-state index contributed by atoms with van der Waals surface area (Å²) in [7, 11) is 0. The van der Waals surface area contributed by atoms with Crippen LogP contribution < -0.4 is 10.6 Å². The zero-order valence-corrected chi connectivity index (χ0v) is 11.6. The SMILES string of the molecule is Nc1cnc(N2CCC[C@H]3CCCC[C@H]32)c(C(=O)O)c1. The molecule has 0 unspecified atom stereocenters. The number of hydrogen-bond donors (Lipinski definition) is 2. The molecule has 0 radical (unpaired) electrons. The monoisotopic (exact) mass is 275 g/mol. The van der Waals surface area contributed by atoms with Crippen molar-refractivity contribution >= 4 is 17.5 Å².